The average Bonchev–Trinajstić information content (AvgIpc) is 2.52. The summed E-state index contributed by atoms with van der Waals surface area (Å²) >= 11 is 0. The van der Waals surface area contributed by atoms with Crippen LogP contribution in [0.25, 0.3) is 0 Å². The lowest BCUT2D eigenvalue weighted by Crippen LogP contribution is -2.28. The molecule has 0 saturated carbocycles. The van der Waals surface area contributed by atoms with Gasteiger partial charge in [0.25, 0.3) is 5.91 Å². The Morgan fingerprint density at radius 3 is 2.54 bits per heavy atom. The molecule has 0 radical (unpaired) electrons. The first kappa shape index (κ1) is 18.0. The summed E-state index contributed by atoms with van der Waals surface area (Å²) in [6.07, 6.45) is 1.66. The van der Waals surface area contributed by atoms with E-state index in [4.69, 9.17) is 0 Å². The van der Waals surface area contributed by atoms with Crippen molar-refractivity contribution in [3.05, 3.63) is 53.9 Å². The number of nitrogens with one attached hydrogen (secondary N) is 2. The van der Waals surface area contributed by atoms with Gasteiger partial charge >= 0.3 is 0 Å². The van der Waals surface area contributed by atoms with Crippen LogP contribution >= 0.6 is 0 Å². The molecule has 1 aromatic carbocycles. The van der Waals surface area contributed by atoms with Crippen LogP contribution in [-0.2, 0) is 5.41 Å². The predicted octanol–water partition coefficient (Wildman–Crippen LogP) is 4.51. The number of pyridine rings is 1. The Labute approximate surface area is 144 Å². The minimum atomic E-state index is -0.142. The van der Waals surface area contributed by atoms with Crippen LogP contribution in [0.2, 0.25) is 0 Å². The fourth-order valence-electron chi connectivity index (χ4n) is 2.42. The summed E-state index contributed by atoms with van der Waals surface area (Å²) < 4.78 is 0. The molecule has 0 aliphatic rings. The van der Waals surface area contributed by atoms with Gasteiger partial charge in [-0.25, -0.2) is 0 Å². The molecule has 0 atom stereocenters. The van der Waals surface area contributed by atoms with Gasteiger partial charge < -0.3 is 10.6 Å². The lowest BCUT2D eigenvalue weighted by Gasteiger charge is -2.23. The molecule has 0 bridgehead atoms. The summed E-state index contributed by atoms with van der Waals surface area (Å²) in [6.45, 7) is 11.3. The van der Waals surface area contributed by atoms with Gasteiger partial charge in [-0.1, -0.05) is 52.8 Å². The zero-order chi connectivity index (χ0) is 17.7. The molecule has 0 saturated heterocycles. The van der Waals surface area contributed by atoms with Crippen molar-refractivity contribution in [2.75, 3.05) is 11.9 Å². The van der Waals surface area contributed by atoms with Crippen molar-refractivity contribution in [1.82, 2.24) is 10.3 Å². The van der Waals surface area contributed by atoms with Gasteiger partial charge in [-0.15, -0.1) is 0 Å². The topological polar surface area (TPSA) is 54.0 Å². The molecule has 0 aliphatic carbocycles. The van der Waals surface area contributed by atoms with Crippen molar-refractivity contribution >= 4 is 17.3 Å². The number of para-hydroxylation sites is 1. The highest BCUT2D eigenvalue weighted by molar-refractivity contribution is 5.93. The van der Waals surface area contributed by atoms with E-state index in [1.807, 2.05) is 18.2 Å². The number of carbonyl (C=O) groups is 1. The third kappa shape index (κ3) is 4.82. The van der Waals surface area contributed by atoms with Crippen LogP contribution in [0, 0.1) is 5.92 Å². The van der Waals surface area contributed by atoms with Crippen molar-refractivity contribution in [3.8, 4) is 0 Å². The molecule has 1 heterocycles. The summed E-state index contributed by atoms with van der Waals surface area (Å²) in [5, 5.41) is 6.32. The fraction of sp³-hybridized carbons (Fsp3) is 0.400. The second-order valence-corrected chi connectivity index (χ2v) is 7.45. The third-order valence-electron chi connectivity index (χ3n) is 3.68. The van der Waals surface area contributed by atoms with E-state index in [0.29, 0.717) is 18.2 Å². The van der Waals surface area contributed by atoms with Gasteiger partial charge in [0.2, 0.25) is 0 Å². The standard InChI is InChI=1S/C20H27N3O/c1-14(2)13-22-19(24)18-12-15(10-11-21-18)23-17-9-7-6-8-16(17)20(3,4)5/h6-12,14H,13H2,1-5H3,(H,21,23)(H,22,24). The molecule has 2 N–H and O–H groups in total. The lowest BCUT2D eigenvalue weighted by atomic mass is 9.86. The number of amides is 1. The maximum absolute atomic E-state index is 12.2. The van der Waals surface area contributed by atoms with Crippen LogP contribution in [0.4, 0.5) is 11.4 Å². The Bertz CT molecular complexity index is 702. The number of benzene rings is 1. The molecule has 4 heteroatoms. The first-order chi connectivity index (χ1) is 11.3. The van der Waals surface area contributed by atoms with Crippen molar-refractivity contribution in [2.45, 2.75) is 40.0 Å². The average molecular weight is 325 g/mol. The molecule has 2 aromatic rings. The van der Waals surface area contributed by atoms with Crippen LogP contribution in [0.15, 0.2) is 42.6 Å². The Kier molecular flexibility index (Phi) is 5.60. The minimum Gasteiger partial charge on any atom is -0.355 e. The van der Waals surface area contributed by atoms with Gasteiger partial charge in [0.05, 0.1) is 0 Å². The molecule has 128 valence electrons. The summed E-state index contributed by atoms with van der Waals surface area (Å²) in [7, 11) is 0. The zero-order valence-corrected chi connectivity index (χ0v) is 15.2. The van der Waals surface area contributed by atoms with E-state index in [2.05, 4.69) is 62.4 Å². The van der Waals surface area contributed by atoms with E-state index < -0.39 is 0 Å². The highest BCUT2D eigenvalue weighted by Gasteiger charge is 2.17. The van der Waals surface area contributed by atoms with Gasteiger partial charge in [-0.3, -0.25) is 9.78 Å². The second kappa shape index (κ2) is 7.47. The van der Waals surface area contributed by atoms with Crippen molar-refractivity contribution < 1.29 is 4.79 Å². The van der Waals surface area contributed by atoms with Gasteiger partial charge in [-0.2, -0.15) is 0 Å². The highest BCUT2D eigenvalue weighted by Crippen LogP contribution is 2.31. The highest BCUT2D eigenvalue weighted by atomic mass is 16.1. The molecule has 2 rings (SSSR count). The molecule has 0 aliphatic heterocycles. The smallest absolute Gasteiger partial charge is 0.269 e. The van der Waals surface area contributed by atoms with E-state index in [0.717, 1.165) is 11.4 Å². The molecule has 0 fully saturated rings. The number of carbonyl (C=O) groups excluding carboxylic acids is 1. The number of anilines is 2. The van der Waals surface area contributed by atoms with Crippen LogP contribution in [0.3, 0.4) is 0 Å². The lowest BCUT2D eigenvalue weighted by molar-refractivity contribution is 0.0944. The van der Waals surface area contributed by atoms with Crippen LogP contribution in [0.1, 0.15) is 50.7 Å². The van der Waals surface area contributed by atoms with Crippen molar-refractivity contribution in [2.24, 2.45) is 5.92 Å². The molecule has 1 amide bonds. The van der Waals surface area contributed by atoms with E-state index >= 15 is 0 Å². The largest absolute Gasteiger partial charge is 0.355 e. The van der Waals surface area contributed by atoms with Gasteiger partial charge in [-0.05, 0) is 35.1 Å². The third-order valence-corrected chi connectivity index (χ3v) is 3.68. The SMILES string of the molecule is CC(C)CNC(=O)c1cc(Nc2ccccc2C(C)(C)C)ccn1. The number of nitrogens with zero attached hydrogens (tertiary/aromatic N) is 1. The van der Waals surface area contributed by atoms with Gasteiger partial charge in [0.1, 0.15) is 5.69 Å². The monoisotopic (exact) mass is 325 g/mol. The number of hydrogen-bond donors (Lipinski definition) is 2. The fourth-order valence-corrected chi connectivity index (χ4v) is 2.42. The summed E-state index contributed by atoms with van der Waals surface area (Å²) in [5.74, 6) is 0.269. The van der Waals surface area contributed by atoms with Crippen LogP contribution in [-0.4, -0.2) is 17.4 Å². The Balaban J connectivity index is 2.20. The Morgan fingerprint density at radius 2 is 1.88 bits per heavy atom. The Hall–Kier alpha value is -2.36. The molecular weight excluding hydrogens is 298 g/mol. The first-order valence-corrected chi connectivity index (χ1v) is 8.38. The molecule has 4 nitrogen and oxygen atoms in total. The number of hydrogen-bond acceptors (Lipinski definition) is 3. The van der Waals surface area contributed by atoms with Crippen LogP contribution < -0.4 is 10.6 Å². The molecular formula is C20H27N3O. The zero-order valence-electron chi connectivity index (χ0n) is 15.2. The van der Waals surface area contributed by atoms with Gasteiger partial charge in [0.15, 0.2) is 0 Å². The van der Waals surface area contributed by atoms with E-state index in [-0.39, 0.29) is 11.3 Å². The van der Waals surface area contributed by atoms with E-state index in [1.54, 1.807) is 12.3 Å². The van der Waals surface area contributed by atoms with E-state index in [1.165, 1.54) is 5.56 Å². The van der Waals surface area contributed by atoms with Crippen molar-refractivity contribution in [3.63, 3.8) is 0 Å². The molecule has 0 unspecified atom stereocenters. The van der Waals surface area contributed by atoms with E-state index in [9.17, 15) is 4.79 Å². The quantitative estimate of drug-likeness (QED) is 0.850. The number of rotatable bonds is 5. The minimum absolute atomic E-state index is 0.0358. The molecule has 1 aromatic heterocycles. The molecule has 24 heavy (non-hydrogen) atoms. The Morgan fingerprint density at radius 1 is 1.17 bits per heavy atom. The normalized spacial score (nSPS) is 11.4. The summed E-state index contributed by atoms with van der Waals surface area (Å²) in [5.41, 5.74) is 3.59. The summed E-state index contributed by atoms with van der Waals surface area (Å²) in [6, 6.07) is 11.9. The first-order valence-electron chi connectivity index (χ1n) is 8.38. The van der Waals surface area contributed by atoms with Crippen molar-refractivity contribution in [1.29, 1.82) is 0 Å². The number of aromatic nitrogens is 1. The molecule has 0 spiro atoms. The maximum Gasteiger partial charge on any atom is 0.269 e. The maximum atomic E-state index is 12.2. The second-order valence-electron chi connectivity index (χ2n) is 7.45. The predicted molar refractivity (Wildman–Crippen MR) is 99.8 cm³/mol. The summed E-state index contributed by atoms with van der Waals surface area (Å²) in [4.78, 5) is 16.4. The van der Waals surface area contributed by atoms with Crippen LogP contribution in [0.5, 0.6) is 0 Å². The van der Waals surface area contributed by atoms with Gasteiger partial charge in [0, 0.05) is 24.1 Å².